The molecule has 1 N–H and O–H groups in total. The van der Waals surface area contributed by atoms with Gasteiger partial charge in [0.15, 0.2) is 0 Å². The molecule has 1 amide bonds. The van der Waals surface area contributed by atoms with E-state index in [2.05, 4.69) is 64.5 Å². The van der Waals surface area contributed by atoms with Crippen LogP contribution in [0.15, 0.2) is 78.9 Å². The van der Waals surface area contributed by atoms with Crippen LogP contribution in [0.3, 0.4) is 0 Å². The van der Waals surface area contributed by atoms with Crippen LogP contribution in [-0.2, 0) is 30.6 Å². The topological polar surface area (TPSA) is 56.1 Å². The molecule has 0 aliphatic carbocycles. The van der Waals surface area contributed by atoms with Gasteiger partial charge in [-0.2, -0.15) is 0 Å². The molecular weight excluding hydrogens is 422 g/mol. The van der Waals surface area contributed by atoms with Gasteiger partial charge in [0.2, 0.25) is 5.91 Å². The van der Waals surface area contributed by atoms with Crippen LogP contribution in [0, 0.1) is 0 Å². The Balaban J connectivity index is 1.23. The van der Waals surface area contributed by atoms with Gasteiger partial charge in [0.1, 0.15) is 11.6 Å². The summed E-state index contributed by atoms with van der Waals surface area (Å²) >= 11 is 0. The Kier molecular flexibility index (Phi) is 8.33. The van der Waals surface area contributed by atoms with Gasteiger partial charge < -0.3 is 14.6 Å². The first-order valence-electron chi connectivity index (χ1n) is 12.1. The number of hydrogen-bond acceptors (Lipinski definition) is 3. The maximum atomic E-state index is 12.2. The fourth-order valence-corrected chi connectivity index (χ4v) is 4.26. The van der Waals surface area contributed by atoms with Gasteiger partial charge in [0, 0.05) is 19.5 Å². The summed E-state index contributed by atoms with van der Waals surface area (Å²) in [6.45, 7) is 1.64. The molecule has 0 atom stereocenters. The van der Waals surface area contributed by atoms with Crippen LogP contribution in [0.4, 0.5) is 0 Å². The van der Waals surface area contributed by atoms with Crippen molar-refractivity contribution in [3.63, 3.8) is 0 Å². The molecule has 0 aliphatic heterocycles. The van der Waals surface area contributed by atoms with Crippen molar-refractivity contribution in [2.45, 2.75) is 45.1 Å². The number of para-hydroxylation sites is 2. The molecule has 1 heterocycles. The fraction of sp³-hybridized carbons (Fsp3) is 0.310. The number of rotatable bonds is 12. The highest BCUT2D eigenvalue weighted by atomic mass is 16.5. The number of hydrogen-bond donors (Lipinski definition) is 1. The highest BCUT2D eigenvalue weighted by molar-refractivity contribution is 5.78. The SMILES string of the molecule is COc1ccc(CC(=O)NCCCCCc2nc3ccccc3n2CCc2ccccc2)cc1. The van der Waals surface area contributed by atoms with Crippen molar-refractivity contribution in [1.29, 1.82) is 0 Å². The molecule has 0 saturated heterocycles. The molecule has 0 spiro atoms. The lowest BCUT2D eigenvalue weighted by atomic mass is 10.1. The van der Waals surface area contributed by atoms with Crippen molar-refractivity contribution in [1.82, 2.24) is 14.9 Å². The normalized spacial score (nSPS) is 11.0. The summed E-state index contributed by atoms with van der Waals surface area (Å²) in [6, 6.07) is 26.6. The predicted molar refractivity (Wildman–Crippen MR) is 137 cm³/mol. The number of fused-ring (bicyclic) bond motifs is 1. The summed E-state index contributed by atoms with van der Waals surface area (Å²) in [6.07, 6.45) is 5.43. The quantitative estimate of drug-likeness (QED) is 0.293. The number of imidazole rings is 1. The van der Waals surface area contributed by atoms with E-state index >= 15 is 0 Å². The van der Waals surface area contributed by atoms with Crippen LogP contribution in [0.25, 0.3) is 11.0 Å². The summed E-state index contributed by atoms with van der Waals surface area (Å²) < 4.78 is 7.53. The monoisotopic (exact) mass is 455 g/mol. The van der Waals surface area contributed by atoms with Gasteiger partial charge in [0.05, 0.1) is 24.6 Å². The van der Waals surface area contributed by atoms with Crippen molar-refractivity contribution in [3.05, 3.63) is 95.8 Å². The molecular formula is C29H33N3O2. The molecule has 4 rings (SSSR count). The number of nitrogens with one attached hydrogen (secondary N) is 1. The molecule has 0 aliphatic rings. The number of methoxy groups -OCH3 is 1. The second-order valence-corrected chi connectivity index (χ2v) is 8.59. The molecule has 0 unspecified atom stereocenters. The number of nitrogens with zero attached hydrogens (tertiary/aromatic N) is 2. The van der Waals surface area contributed by atoms with E-state index in [0.29, 0.717) is 13.0 Å². The van der Waals surface area contributed by atoms with E-state index in [0.717, 1.165) is 61.3 Å². The maximum Gasteiger partial charge on any atom is 0.224 e. The number of ether oxygens (including phenoxy) is 1. The summed E-state index contributed by atoms with van der Waals surface area (Å²) in [4.78, 5) is 17.1. The van der Waals surface area contributed by atoms with Gasteiger partial charge in [-0.25, -0.2) is 4.98 Å². The minimum Gasteiger partial charge on any atom is -0.497 e. The summed E-state index contributed by atoms with van der Waals surface area (Å²) in [5.74, 6) is 2.02. The van der Waals surface area contributed by atoms with Crippen molar-refractivity contribution < 1.29 is 9.53 Å². The van der Waals surface area contributed by atoms with Crippen molar-refractivity contribution in [3.8, 4) is 5.75 Å². The first-order valence-corrected chi connectivity index (χ1v) is 12.1. The second-order valence-electron chi connectivity index (χ2n) is 8.59. The first-order chi connectivity index (χ1) is 16.7. The Morgan fingerprint density at radius 3 is 2.41 bits per heavy atom. The van der Waals surface area contributed by atoms with E-state index in [1.54, 1.807) is 7.11 Å². The van der Waals surface area contributed by atoms with Crippen molar-refractivity contribution in [2.24, 2.45) is 0 Å². The number of carbonyl (C=O) groups is 1. The minimum atomic E-state index is 0.0628. The Morgan fingerprint density at radius 1 is 0.853 bits per heavy atom. The van der Waals surface area contributed by atoms with Crippen LogP contribution >= 0.6 is 0 Å². The molecule has 176 valence electrons. The predicted octanol–water partition coefficient (Wildman–Crippen LogP) is 5.36. The zero-order valence-corrected chi connectivity index (χ0v) is 19.9. The average molecular weight is 456 g/mol. The maximum absolute atomic E-state index is 12.2. The minimum absolute atomic E-state index is 0.0628. The number of aromatic nitrogens is 2. The van der Waals surface area contributed by atoms with Crippen LogP contribution in [0.1, 0.15) is 36.2 Å². The zero-order chi connectivity index (χ0) is 23.6. The third-order valence-corrected chi connectivity index (χ3v) is 6.12. The second kappa shape index (κ2) is 12.0. The van der Waals surface area contributed by atoms with Gasteiger partial charge in [0.25, 0.3) is 0 Å². The summed E-state index contributed by atoms with van der Waals surface area (Å²) in [5.41, 5.74) is 4.61. The van der Waals surface area contributed by atoms with E-state index in [-0.39, 0.29) is 5.91 Å². The molecule has 0 fully saturated rings. The van der Waals surface area contributed by atoms with Crippen LogP contribution in [-0.4, -0.2) is 29.1 Å². The fourth-order valence-electron chi connectivity index (χ4n) is 4.26. The van der Waals surface area contributed by atoms with Gasteiger partial charge in [-0.15, -0.1) is 0 Å². The van der Waals surface area contributed by atoms with Gasteiger partial charge in [-0.3, -0.25) is 4.79 Å². The molecule has 34 heavy (non-hydrogen) atoms. The zero-order valence-electron chi connectivity index (χ0n) is 19.9. The van der Waals surface area contributed by atoms with Gasteiger partial charge in [-0.05, 0) is 54.7 Å². The van der Waals surface area contributed by atoms with E-state index < -0.39 is 0 Å². The van der Waals surface area contributed by atoms with Crippen molar-refractivity contribution >= 4 is 16.9 Å². The molecule has 0 saturated carbocycles. The highest BCUT2D eigenvalue weighted by Gasteiger charge is 2.10. The Morgan fingerprint density at radius 2 is 1.62 bits per heavy atom. The number of aryl methyl sites for hydroxylation is 3. The Labute approximate surface area is 201 Å². The summed E-state index contributed by atoms with van der Waals surface area (Å²) in [7, 11) is 1.64. The Bertz CT molecular complexity index is 1180. The van der Waals surface area contributed by atoms with E-state index in [9.17, 15) is 4.79 Å². The van der Waals surface area contributed by atoms with Gasteiger partial charge in [-0.1, -0.05) is 61.0 Å². The molecule has 5 nitrogen and oxygen atoms in total. The number of carbonyl (C=O) groups excluding carboxylic acids is 1. The lowest BCUT2D eigenvalue weighted by Crippen LogP contribution is -2.26. The third-order valence-electron chi connectivity index (χ3n) is 6.12. The van der Waals surface area contributed by atoms with Crippen LogP contribution < -0.4 is 10.1 Å². The molecule has 0 radical (unpaired) electrons. The standard InChI is InChI=1S/C29H33N3O2/c1-34-25-17-15-24(16-18-25)22-29(33)30-20-9-3-6-14-28-31-26-12-7-8-13-27(26)32(28)21-19-23-10-4-2-5-11-23/h2,4-5,7-8,10-13,15-18H,3,6,9,14,19-22H2,1H3,(H,30,33). The molecule has 5 heteroatoms. The third kappa shape index (κ3) is 6.47. The van der Waals surface area contributed by atoms with E-state index in [1.165, 1.54) is 11.1 Å². The lowest BCUT2D eigenvalue weighted by Gasteiger charge is -2.10. The first kappa shape index (κ1) is 23.6. The highest BCUT2D eigenvalue weighted by Crippen LogP contribution is 2.19. The molecule has 1 aromatic heterocycles. The van der Waals surface area contributed by atoms with E-state index in [4.69, 9.17) is 9.72 Å². The smallest absolute Gasteiger partial charge is 0.224 e. The molecule has 0 bridgehead atoms. The largest absolute Gasteiger partial charge is 0.497 e. The number of benzene rings is 3. The number of amides is 1. The van der Waals surface area contributed by atoms with E-state index in [1.807, 2.05) is 24.3 Å². The van der Waals surface area contributed by atoms with Crippen molar-refractivity contribution in [2.75, 3.05) is 13.7 Å². The van der Waals surface area contributed by atoms with Gasteiger partial charge >= 0.3 is 0 Å². The number of unbranched alkanes of at least 4 members (excludes halogenated alkanes) is 2. The lowest BCUT2D eigenvalue weighted by molar-refractivity contribution is -0.120. The average Bonchev–Trinajstić information content (AvgIpc) is 3.23. The Hall–Kier alpha value is -3.60. The van der Waals surface area contributed by atoms with Crippen LogP contribution in [0.2, 0.25) is 0 Å². The molecule has 3 aromatic carbocycles. The molecule has 4 aromatic rings. The van der Waals surface area contributed by atoms with Crippen LogP contribution in [0.5, 0.6) is 5.75 Å². The summed E-state index contributed by atoms with van der Waals surface area (Å²) in [5, 5.41) is 3.04.